The van der Waals surface area contributed by atoms with Crippen molar-refractivity contribution in [3.63, 3.8) is 0 Å². The first kappa shape index (κ1) is 12.0. The smallest absolute Gasteiger partial charge is 0.0233 e. The first-order valence-corrected chi connectivity index (χ1v) is 5.83. The van der Waals surface area contributed by atoms with E-state index in [0.717, 1.165) is 0 Å². The van der Waals surface area contributed by atoms with Crippen LogP contribution in [0.25, 0.3) is 0 Å². The Morgan fingerprint density at radius 2 is 1.93 bits per heavy atom. The monoisotopic (exact) mass is 202 g/mol. The molecule has 0 heteroatoms. The fourth-order valence-electron chi connectivity index (χ4n) is 2.36. The Morgan fingerprint density at radius 1 is 1.27 bits per heavy atom. The molecule has 0 atom stereocenters. The third-order valence-corrected chi connectivity index (χ3v) is 3.53. The van der Waals surface area contributed by atoms with Gasteiger partial charge in [0.1, 0.15) is 0 Å². The molecule has 0 saturated carbocycles. The van der Waals surface area contributed by atoms with Crippen LogP contribution in [-0.2, 0) is 0 Å². The van der Waals surface area contributed by atoms with Crippen LogP contribution in [0.1, 0.15) is 47.0 Å². The predicted molar refractivity (Wildman–Crippen MR) is 68.9 cm³/mol. The van der Waals surface area contributed by atoms with Gasteiger partial charge in [-0.05, 0) is 62.3 Å². The number of rotatable bonds is 3. The summed E-state index contributed by atoms with van der Waals surface area (Å²) in [7, 11) is 0. The third-order valence-electron chi connectivity index (χ3n) is 3.53. The topological polar surface area (TPSA) is 0 Å². The van der Waals surface area contributed by atoms with Gasteiger partial charge in [0.05, 0.1) is 0 Å². The van der Waals surface area contributed by atoms with Gasteiger partial charge in [-0.25, -0.2) is 0 Å². The van der Waals surface area contributed by atoms with E-state index in [1.807, 2.05) is 6.08 Å². The Morgan fingerprint density at radius 3 is 2.40 bits per heavy atom. The number of allylic oxidation sites excluding steroid dienone is 7. The molecular formula is C15H22. The molecule has 0 unspecified atom stereocenters. The van der Waals surface area contributed by atoms with Crippen molar-refractivity contribution in [1.82, 2.24) is 0 Å². The summed E-state index contributed by atoms with van der Waals surface area (Å²) in [6, 6.07) is 0. The molecule has 0 spiro atoms. The van der Waals surface area contributed by atoms with Crippen LogP contribution < -0.4 is 0 Å². The van der Waals surface area contributed by atoms with E-state index in [-0.39, 0.29) is 0 Å². The molecule has 0 nitrogen and oxygen atoms in total. The van der Waals surface area contributed by atoms with E-state index >= 15 is 0 Å². The molecule has 0 N–H and O–H groups in total. The molecule has 1 rings (SSSR count). The highest BCUT2D eigenvalue weighted by atomic mass is 14.2. The van der Waals surface area contributed by atoms with E-state index in [1.165, 1.54) is 41.6 Å². The van der Waals surface area contributed by atoms with Crippen LogP contribution in [0.4, 0.5) is 0 Å². The number of hydrogen-bond donors (Lipinski definition) is 0. The van der Waals surface area contributed by atoms with Crippen molar-refractivity contribution < 1.29 is 0 Å². The molecule has 0 bridgehead atoms. The van der Waals surface area contributed by atoms with E-state index in [4.69, 9.17) is 0 Å². The Kier molecular flexibility index (Phi) is 4.14. The van der Waals surface area contributed by atoms with Gasteiger partial charge in [0.25, 0.3) is 0 Å². The lowest BCUT2D eigenvalue weighted by Crippen LogP contribution is -2.03. The summed E-state index contributed by atoms with van der Waals surface area (Å²) in [4.78, 5) is 0. The lowest BCUT2D eigenvalue weighted by molar-refractivity contribution is 0.830. The van der Waals surface area contributed by atoms with Crippen LogP contribution in [0.2, 0.25) is 0 Å². The molecule has 1 aliphatic carbocycles. The fourth-order valence-corrected chi connectivity index (χ4v) is 2.36. The van der Waals surface area contributed by atoms with Gasteiger partial charge < -0.3 is 0 Å². The highest BCUT2D eigenvalue weighted by Gasteiger charge is 2.15. The van der Waals surface area contributed by atoms with Gasteiger partial charge in [0, 0.05) is 0 Å². The van der Waals surface area contributed by atoms with E-state index in [9.17, 15) is 0 Å². The van der Waals surface area contributed by atoms with Crippen LogP contribution in [0, 0.1) is 0 Å². The molecule has 15 heavy (non-hydrogen) atoms. The number of hydrogen-bond acceptors (Lipinski definition) is 0. The first-order valence-electron chi connectivity index (χ1n) is 5.83. The molecule has 0 radical (unpaired) electrons. The maximum Gasteiger partial charge on any atom is -0.0233 e. The average Bonchev–Trinajstić information content (AvgIpc) is 2.26. The van der Waals surface area contributed by atoms with Crippen LogP contribution >= 0.6 is 0 Å². The minimum Gasteiger partial charge on any atom is -0.0985 e. The molecule has 0 saturated heterocycles. The van der Waals surface area contributed by atoms with Gasteiger partial charge in [0.15, 0.2) is 0 Å². The summed E-state index contributed by atoms with van der Waals surface area (Å²) < 4.78 is 0. The third kappa shape index (κ3) is 2.31. The quantitative estimate of drug-likeness (QED) is 0.568. The molecule has 0 aromatic carbocycles. The lowest BCUT2D eigenvalue weighted by Gasteiger charge is -2.23. The van der Waals surface area contributed by atoms with Gasteiger partial charge in [-0.3, -0.25) is 0 Å². The fraction of sp³-hybridized carbons (Fsp3) is 0.467. The SMILES string of the molecule is C=C/C(=C\C)C1=C(C)C(C)=C(CC)CC1. The largest absolute Gasteiger partial charge is 0.0985 e. The van der Waals surface area contributed by atoms with Crippen molar-refractivity contribution >= 4 is 0 Å². The van der Waals surface area contributed by atoms with Gasteiger partial charge >= 0.3 is 0 Å². The summed E-state index contributed by atoms with van der Waals surface area (Å²) in [6.07, 6.45) is 7.73. The Bertz CT molecular complexity index is 348. The molecule has 0 amide bonds. The standard InChI is InChI=1S/C15H22/c1-6-13(7-2)15-10-9-14(8-3)11(4)12(15)5/h6-7H,1,8-10H2,2-5H3/b13-7+. The Labute approximate surface area is 94.1 Å². The summed E-state index contributed by atoms with van der Waals surface area (Å²) in [5, 5.41) is 0. The Balaban J connectivity index is 3.17. The van der Waals surface area contributed by atoms with Gasteiger partial charge in [-0.15, -0.1) is 0 Å². The molecule has 0 heterocycles. The van der Waals surface area contributed by atoms with E-state index in [0.29, 0.717) is 0 Å². The lowest BCUT2D eigenvalue weighted by atomic mass is 9.83. The van der Waals surface area contributed by atoms with Crippen molar-refractivity contribution in [2.24, 2.45) is 0 Å². The summed E-state index contributed by atoms with van der Waals surface area (Å²) in [5.41, 5.74) is 7.38. The summed E-state index contributed by atoms with van der Waals surface area (Å²) in [6.45, 7) is 12.7. The molecule has 82 valence electrons. The van der Waals surface area contributed by atoms with Crippen molar-refractivity contribution in [2.75, 3.05) is 0 Å². The van der Waals surface area contributed by atoms with Crippen LogP contribution in [0.15, 0.2) is 46.6 Å². The van der Waals surface area contributed by atoms with Gasteiger partial charge in [-0.1, -0.05) is 31.2 Å². The highest BCUT2D eigenvalue weighted by Crippen LogP contribution is 2.35. The first-order chi connectivity index (χ1) is 7.15. The average molecular weight is 202 g/mol. The van der Waals surface area contributed by atoms with Crippen molar-refractivity contribution in [3.8, 4) is 0 Å². The second-order valence-corrected chi connectivity index (χ2v) is 4.13. The molecule has 0 aromatic heterocycles. The van der Waals surface area contributed by atoms with E-state index in [1.54, 1.807) is 5.57 Å². The minimum atomic E-state index is 1.18. The van der Waals surface area contributed by atoms with Gasteiger partial charge in [-0.2, -0.15) is 0 Å². The normalized spacial score (nSPS) is 18.5. The van der Waals surface area contributed by atoms with Crippen LogP contribution in [0.3, 0.4) is 0 Å². The maximum atomic E-state index is 3.89. The molecule has 0 aromatic rings. The van der Waals surface area contributed by atoms with Crippen molar-refractivity contribution in [3.05, 3.63) is 46.6 Å². The zero-order valence-corrected chi connectivity index (χ0v) is 10.5. The van der Waals surface area contributed by atoms with E-state index in [2.05, 4.69) is 40.3 Å². The molecular weight excluding hydrogens is 180 g/mol. The van der Waals surface area contributed by atoms with Crippen LogP contribution in [-0.4, -0.2) is 0 Å². The Hall–Kier alpha value is -1.04. The van der Waals surface area contributed by atoms with Crippen molar-refractivity contribution in [2.45, 2.75) is 47.0 Å². The zero-order valence-electron chi connectivity index (χ0n) is 10.5. The second-order valence-electron chi connectivity index (χ2n) is 4.13. The second kappa shape index (κ2) is 5.16. The predicted octanol–water partition coefficient (Wildman–Crippen LogP) is 4.96. The summed E-state index contributed by atoms with van der Waals surface area (Å²) >= 11 is 0. The molecule has 1 aliphatic rings. The summed E-state index contributed by atoms with van der Waals surface area (Å²) in [5.74, 6) is 0. The van der Waals surface area contributed by atoms with Gasteiger partial charge in [0.2, 0.25) is 0 Å². The molecule has 0 fully saturated rings. The van der Waals surface area contributed by atoms with E-state index < -0.39 is 0 Å². The zero-order chi connectivity index (χ0) is 11.4. The molecule has 0 aliphatic heterocycles. The maximum absolute atomic E-state index is 3.89. The highest BCUT2D eigenvalue weighted by molar-refractivity contribution is 5.51. The van der Waals surface area contributed by atoms with Crippen LogP contribution in [0.5, 0.6) is 0 Å². The van der Waals surface area contributed by atoms with Crippen molar-refractivity contribution in [1.29, 1.82) is 0 Å². The minimum absolute atomic E-state index is 1.18.